The van der Waals surface area contributed by atoms with Gasteiger partial charge in [-0.1, -0.05) is 23.2 Å². The Morgan fingerprint density at radius 1 is 1.39 bits per heavy atom. The van der Waals surface area contributed by atoms with E-state index in [2.05, 4.69) is 10.3 Å². The van der Waals surface area contributed by atoms with E-state index in [1.165, 1.54) is 11.3 Å². The molecule has 0 aliphatic heterocycles. The van der Waals surface area contributed by atoms with Gasteiger partial charge in [-0.2, -0.15) is 0 Å². The molecule has 0 unspecified atom stereocenters. The van der Waals surface area contributed by atoms with Crippen molar-refractivity contribution in [2.45, 2.75) is 0 Å². The zero-order valence-electron chi connectivity index (χ0n) is 8.91. The van der Waals surface area contributed by atoms with E-state index in [0.717, 1.165) is 5.56 Å². The van der Waals surface area contributed by atoms with E-state index in [0.29, 0.717) is 20.9 Å². The van der Waals surface area contributed by atoms with E-state index in [-0.39, 0.29) is 11.8 Å². The maximum Gasteiger partial charge on any atom is 0.241 e. The highest BCUT2D eigenvalue weighted by molar-refractivity contribution is 7.14. The van der Waals surface area contributed by atoms with Gasteiger partial charge in [-0.05, 0) is 18.2 Å². The van der Waals surface area contributed by atoms with Crippen LogP contribution in [0.2, 0.25) is 10.0 Å². The van der Waals surface area contributed by atoms with Crippen molar-refractivity contribution in [3.05, 3.63) is 33.6 Å². The molecule has 3 nitrogen and oxygen atoms in total. The molecular formula is C11H7Cl3N2OS. The van der Waals surface area contributed by atoms with Gasteiger partial charge in [0.15, 0.2) is 5.13 Å². The van der Waals surface area contributed by atoms with E-state index in [9.17, 15) is 4.79 Å². The Hall–Kier alpha value is -0.810. The molecule has 2 rings (SSSR count). The zero-order chi connectivity index (χ0) is 13.1. The number of nitrogens with zero attached hydrogens (tertiary/aromatic N) is 1. The number of benzene rings is 1. The van der Waals surface area contributed by atoms with Crippen molar-refractivity contribution >= 4 is 57.2 Å². The van der Waals surface area contributed by atoms with Gasteiger partial charge in [0.2, 0.25) is 5.91 Å². The average molecular weight is 322 g/mol. The Labute approximate surface area is 123 Å². The summed E-state index contributed by atoms with van der Waals surface area (Å²) in [4.78, 5) is 15.4. The fourth-order valence-electron chi connectivity index (χ4n) is 1.30. The van der Waals surface area contributed by atoms with Crippen LogP contribution in [0.4, 0.5) is 5.13 Å². The van der Waals surface area contributed by atoms with Crippen molar-refractivity contribution in [3.8, 4) is 11.3 Å². The summed E-state index contributed by atoms with van der Waals surface area (Å²) in [5.41, 5.74) is 1.39. The Morgan fingerprint density at radius 3 is 2.89 bits per heavy atom. The van der Waals surface area contributed by atoms with Crippen LogP contribution < -0.4 is 5.32 Å². The number of aromatic nitrogens is 1. The molecule has 1 aromatic carbocycles. The van der Waals surface area contributed by atoms with Gasteiger partial charge in [0.25, 0.3) is 0 Å². The Balaban J connectivity index is 2.29. The first kappa shape index (κ1) is 13.6. The van der Waals surface area contributed by atoms with Crippen LogP contribution in [0.1, 0.15) is 0 Å². The summed E-state index contributed by atoms with van der Waals surface area (Å²) in [5.74, 6) is -0.401. The highest BCUT2D eigenvalue weighted by Crippen LogP contribution is 2.32. The van der Waals surface area contributed by atoms with Crippen LogP contribution in [0.15, 0.2) is 23.6 Å². The molecule has 7 heteroatoms. The van der Waals surface area contributed by atoms with E-state index in [1.54, 1.807) is 23.6 Å². The van der Waals surface area contributed by atoms with Crippen molar-refractivity contribution in [1.29, 1.82) is 0 Å². The second kappa shape index (κ2) is 5.89. The minimum absolute atomic E-state index is 0.104. The summed E-state index contributed by atoms with van der Waals surface area (Å²) in [6, 6.07) is 5.14. The maximum absolute atomic E-state index is 11.1. The number of alkyl halides is 1. The summed E-state index contributed by atoms with van der Waals surface area (Å²) in [6.07, 6.45) is 0. The third-order valence-corrected chi connectivity index (χ3v) is 3.64. The molecule has 1 heterocycles. The topological polar surface area (TPSA) is 42.0 Å². The maximum atomic E-state index is 11.1. The first-order valence-corrected chi connectivity index (χ1v) is 7.04. The number of halogens is 3. The summed E-state index contributed by atoms with van der Waals surface area (Å²) in [6.45, 7) is 0. The van der Waals surface area contributed by atoms with Crippen LogP contribution in [-0.4, -0.2) is 16.8 Å². The van der Waals surface area contributed by atoms with Gasteiger partial charge in [0.1, 0.15) is 5.88 Å². The van der Waals surface area contributed by atoms with Crippen molar-refractivity contribution in [2.75, 3.05) is 11.2 Å². The number of anilines is 1. The van der Waals surface area contributed by atoms with E-state index in [1.807, 2.05) is 0 Å². The summed E-state index contributed by atoms with van der Waals surface area (Å²) in [5, 5.41) is 5.98. The van der Waals surface area contributed by atoms with Gasteiger partial charge >= 0.3 is 0 Å². The van der Waals surface area contributed by atoms with Gasteiger partial charge in [0, 0.05) is 16.0 Å². The Morgan fingerprint density at radius 2 is 2.17 bits per heavy atom. The molecule has 94 valence electrons. The second-order valence-corrected chi connectivity index (χ2v) is 5.31. The lowest BCUT2D eigenvalue weighted by Crippen LogP contribution is -2.12. The lowest BCUT2D eigenvalue weighted by atomic mass is 10.2. The predicted molar refractivity (Wildman–Crippen MR) is 76.9 cm³/mol. The van der Waals surface area contributed by atoms with Gasteiger partial charge in [-0.15, -0.1) is 22.9 Å². The molecule has 1 amide bonds. The second-order valence-electron chi connectivity index (χ2n) is 3.34. The molecule has 0 atom stereocenters. The lowest BCUT2D eigenvalue weighted by molar-refractivity contribution is -0.113. The number of amides is 1. The SMILES string of the molecule is O=C(CCl)Nc1nc(-c2cc(Cl)ccc2Cl)cs1. The van der Waals surface area contributed by atoms with Gasteiger partial charge < -0.3 is 5.32 Å². The molecule has 0 radical (unpaired) electrons. The minimum Gasteiger partial charge on any atom is -0.301 e. The van der Waals surface area contributed by atoms with Gasteiger partial charge in [-0.3, -0.25) is 4.79 Å². The van der Waals surface area contributed by atoms with Crippen LogP contribution in [0.5, 0.6) is 0 Å². The normalized spacial score (nSPS) is 10.4. The van der Waals surface area contributed by atoms with E-state index in [4.69, 9.17) is 34.8 Å². The first-order valence-electron chi connectivity index (χ1n) is 4.87. The minimum atomic E-state index is -0.297. The fourth-order valence-corrected chi connectivity index (χ4v) is 2.48. The largest absolute Gasteiger partial charge is 0.301 e. The molecule has 0 saturated heterocycles. The number of thiazole rings is 1. The standard InChI is InChI=1S/C11H7Cl3N2OS/c12-4-10(17)16-11-15-9(5-18-11)7-3-6(13)1-2-8(7)14/h1-3,5H,4H2,(H,15,16,17). The highest BCUT2D eigenvalue weighted by Gasteiger charge is 2.10. The number of carbonyl (C=O) groups excluding carboxylic acids is 1. The summed E-state index contributed by atoms with van der Waals surface area (Å²) in [7, 11) is 0. The predicted octanol–water partition coefficient (Wildman–Crippen LogP) is 4.29. The molecule has 0 spiro atoms. The molecular weight excluding hydrogens is 315 g/mol. The first-order chi connectivity index (χ1) is 8.60. The van der Waals surface area contributed by atoms with Crippen LogP contribution in [0.25, 0.3) is 11.3 Å². The van der Waals surface area contributed by atoms with Crippen LogP contribution in [-0.2, 0) is 4.79 Å². The van der Waals surface area contributed by atoms with Crippen molar-refractivity contribution in [3.63, 3.8) is 0 Å². The Bertz CT molecular complexity index is 585. The highest BCUT2D eigenvalue weighted by atomic mass is 35.5. The molecule has 2 aromatic rings. The Kier molecular flexibility index (Phi) is 4.45. The van der Waals surface area contributed by atoms with Gasteiger partial charge in [-0.25, -0.2) is 4.98 Å². The number of hydrogen-bond acceptors (Lipinski definition) is 3. The molecule has 0 aliphatic rings. The molecule has 0 saturated carbocycles. The number of hydrogen-bond donors (Lipinski definition) is 1. The smallest absolute Gasteiger partial charge is 0.241 e. The van der Waals surface area contributed by atoms with Crippen LogP contribution in [0, 0.1) is 0 Å². The number of nitrogens with one attached hydrogen (secondary N) is 1. The fraction of sp³-hybridized carbons (Fsp3) is 0.0909. The molecule has 0 fully saturated rings. The molecule has 0 bridgehead atoms. The molecule has 1 N–H and O–H groups in total. The summed E-state index contributed by atoms with van der Waals surface area (Å²) < 4.78 is 0. The third-order valence-electron chi connectivity index (χ3n) is 2.08. The monoisotopic (exact) mass is 320 g/mol. The summed E-state index contributed by atoms with van der Waals surface area (Å²) >= 11 is 18.7. The molecule has 18 heavy (non-hydrogen) atoms. The van der Waals surface area contributed by atoms with E-state index < -0.39 is 0 Å². The van der Waals surface area contributed by atoms with E-state index >= 15 is 0 Å². The quantitative estimate of drug-likeness (QED) is 0.857. The van der Waals surface area contributed by atoms with Crippen molar-refractivity contribution in [1.82, 2.24) is 4.98 Å². The zero-order valence-corrected chi connectivity index (χ0v) is 12.0. The lowest BCUT2D eigenvalue weighted by Gasteiger charge is -2.01. The molecule has 1 aromatic heterocycles. The third kappa shape index (κ3) is 3.14. The van der Waals surface area contributed by atoms with Gasteiger partial charge in [0.05, 0.1) is 10.7 Å². The van der Waals surface area contributed by atoms with Crippen molar-refractivity contribution in [2.24, 2.45) is 0 Å². The average Bonchev–Trinajstić information content (AvgIpc) is 2.80. The number of rotatable bonds is 3. The van der Waals surface area contributed by atoms with Crippen LogP contribution in [0.3, 0.4) is 0 Å². The van der Waals surface area contributed by atoms with Crippen LogP contribution >= 0.6 is 46.1 Å². The molecule has 0 aliphatic carbocycles. The van der Waals surface area contributed by atoms with Crippen molar-refractivity contribution < 1.29 is 4.79 Å². The number of carbonyl (C=O) groups is 1.